The molecule has 1 rings (SSSR count). The molecule has 5 nitrogen and oxygen atoms in total. The summed E-state index contributed by atoms with van der Waals surface area (Å²) in [5.74, 6) is 0. The molecule has 24 heavy (non-hydrogen) atoms. The van der Waals surface area contributed by atoms with Gasteiger partial charge < -0.3 is 10.2 Å². The highest BCUT2D eigenvalue weighted by Crippen LogP contribution is 2.17. The van der Waals surface area contributed by atoms with Gasteiger partial charge in [0.2, 0.25) is 10.0 Å². The fraction of sp³-hybridized carbons (Fsp3) is 0.667. The van der Waals surface area contributed by atoms with Gasteiger partial charge in [-0.05, 0) is 64.8 Å². The van der Waals surface area contributed by atoms with Crippen molar-refractivity contribution in [2.45, 2.75) is 52.2 Å². The monoisotopic (exact) mass is 355 g/mol. The highest BCUT2D eigenvalue weighted by Gasteiger charge is 2.13. The maximum atomic E-state index is 11.6. The fourth-order valence-electron chi connectivity index (χ4n) is 2.42. The van der Waals surface area contributed by atoms with Crippen LogP contribution in [0, 0.1) is 0 Å². The number of hydrogen-bond acceptors (Lipinski definition) is 4. The molecular formula is C18H33N3O2S. The zero-order valence-corrected chi connectivity index (χ0v) is 16.3. The van der Waals surface area contributed by atoms with Crippen LogP contribution in [0.1, 0.15) is 47.0 Å². The number of unbranched alkanes of at least 4 members (excludes halogenated alkanes) is 2. The molecule has 0 radical (unpaired) electrons. The van der Waals surface area contributed by atoms with Crippen molar-refractivity contribution in [2.24, 2.45) is 0 Å². The third-order valence-electron chi connectivity index (χ3n) is 4.10. The molecule has 0 aromatic heterocycles. The Morgan fingerprint density at radius 3 is 2.08 bits per heavy atom. The van der Waals surface area contributed by atoms with Gasteiger partial charge >= 0.3 is 0 Å². The van der Waals surface area contributed by atoms with Crippen LogP contribution in [0.15, 0.2) is 24.3 Å². The number of benzene rings is 1. The Labute approximate surface area is 147 Å². The van der Waals surface area contributed by atoms with Crippen molar-refractivity contribution in [3.8, 4) is 0 Å². The minimum atomic E-state index is -3.12. The Balaban J connectivity index is 2.20. The van der Waals surface area contributed by atoms with E-state index in [9.17, 15) is 8.42 Å². The molecule has 0 heterocycles. The summed E-state index contributed by atoms with van der Waals surface area (Å²) in [6, 6.07) is 8.53. The van der Waals surface area contributed by atoms with Crippen molar-refractivity contribution in [3.05, 3.63) is 24.3 Å². The molecule has 0 atom stereocenters. The largest absolute Gasteiger partial charge is 0.385 e. The lowest BCUT2D eigenvalue weighted by Crippen LogP contribution is -2.31. The van der Waals surface area contributed by atoms with E-state index in [1.807, 2.05) is 0 Å². The molecule has 138 valence electrons. The topological polar surface area (TPSA) is 61.4 Å². The van der Waals surface area contributed by atoms with E-state index in [2.05, 4.69) is 53.1 Å². The average Bonchev–Trinajstić information content (AvgIpc) is 2.56. The highest BCUT2D eigenvalue weighted by molar-refractivity contribution is 7.90. The molecular weight excluding hydrogens is 322 g/mol. The van der Waals surface area contributed by atoms with Crippen LogP contribution >= 0.6 is 0 Å². The number of nitrogens with zero attached hydrogens (tertiary/aromatic N) is 1. The summed E-state index contributed by atoms with van der Waals surface area (Å²) in [6.45, 7) is 11.2. The molecule has 0 saturated heterocycles. The molecule has 0 aliphatic rings. The van der Waals surface area contributed by atoms with Gasteiger partial charge in [0, 0.05) is 37.6 Å². The van der Waals surface area contributed by atoms with E-state index < -0.39 is 10.0 Å². The quantitative estimate of drug-likeness (QED) is 0.564. The molecule has 0 spiro atoms. The van der Waals surface area contributed by atoms with Crippen molar-refractivity contribution >= 4 is 21.4 Å². The van der Waals surface area contributed by atoms with Crippen LogP contribution in [0.5, 0.6) is 0 Å². The van der Waals surface area contributed by atoms with Gasteiger partial charge in [0.25, 0.3) is 0 Å². The minimum Gasteiger partial charge on any atom is -0.385 e. The molecule has 0 aliphatic carbocycles. The first-order chi connectivity index (χ1) is 11.4. The Hall–Kier alpha value is -1.27. The molecule has 0 amide bonds. The van der Waals surface area contributed by atoms with Gasteiger partial charge in [0.1, 0.15) is 0 Å². The van der Waals surface area contributed by atoms with Crippen LogP contribution in [0.25, 0.3) is 0 Å². The van der Waals surface area contributed by atoms with Crippen LogP contribution in [0.4, 0.5) is 11.4 Å². The molecule has 0 bridgehead atoms. The van der Waals surface area contributed by atoms with Crippen LogP contribution < -0.4 is 14.9 Å². The molecule has 2 N–H and O–H groups in total. The molecule has 0 aliphatic heterocycles. The lowest BCUT2D eigenvalue weighted by molar-refractivity contribution is 0.566. The van der Waals surface area contributed by atoms with Gasteiger partial charge in [0.15, 0.2) is 0 Å². The summed E-state index contributed by atoms with van der Waals surface area (Å²) in [4.78, 5) is 2.32. The zero-order chi connectivity index (χ0) is 18.0. The summed E-state index contributed by atoms with van der Waals surface area (Å²) in [6.07, 6.45) is 2.90. The second kappa shape index (κ2) is 10.6. The van der Waals surface area contributed by atoms with Crippen molar-refractivity contribution < 1.29 is 8.42 Å². The Kier molecular flexibility index (Phi) is 9.14. The number of rotatable bonds is 12. The molecule has 1 aromatic rings. The summed E-state index contributed by atoms with van der Waals surface area (Å²) in [7, 11) is -3.12. The third kappa shape index (κ3) is 7.09. The van der Waals surface area contributed by atoms with Crippen molar-refractivity contribution in [1.82, 2.24) is 4.72 Å². The summed E-state index contributed by atoms with van der Waals surface area (Å²) in [5.41, 5.74) is 2.38. The third-order valence-corrected chi connectivity index (χ3v) is 5.95. The molecule has 1 aromatic carbocycles. The average molecular weight is 356 g/mol. The normalized spacial score (nSPS) is 11.7. The van der Waals surface area contributed by atoms with Gasteiger partial charge in [-0.2, -0.15) is 0 Å². The first-order valence-corrected chi connectivity index (χ1v) is 10.5. The predicted octanol–water partition coefficient (Wildman–Crippen LogP) is 3.44. The number of nitrogens with one attached hydrogen (secondary N) is 2. The first-order valence-electron chi connectivity index (χ1n) is 8.98. The van der Waals surface area contributed by atoms with Gasteiger partial charge in [-0.25, -0.2) is 13.1 Å². The maximum absolute atomic E-state index is 11.6. The van der Waals surface area contributed by atoms with E-state index >= 15 is 0 Å². The highest BCUT2D eigenvalue weighted by atomic mass is 32.2. The minimum absolute atomic E-state index is 0.363. The standard InChI is InChI=1S/C18H33N3O2S/c1-5-21(6-2)18-12-10-17(11-13-18)19-14-8-7-9-15-20-24(22,23)16(3)4/h10-13,16,19-20H,5-9,14-15H2,1-4H3. The maximum Gasteiger partial charge on any atom is 0.213 e. The van der Waals surface area contributed by atoms with Crippen LogP contribution in [0.2, 0.25) is 0 Å². The number of anilines is 2. The fourth-order valence-corrected chi connectivity index (χ4v) is 3.18. The van der Waals surface area contributed by atoms with Gasteiger partial charge in [-0.15, -0.1) is 0 Å². The lowest BCUT2D eigenvalue weighted by Gasteiger charge is -2.21. The summed E-state index contributed by atoms with van der Waals surface area (Å²) >= 11 is 0. The van der Waals surface area contributed by atoms with E-state index in [1.165, 1.54) is 5.69 Å². The predicted molar refractivity (Wildman–Crippen MR) is 104 cm³/mol. The van der Waals surface area contributed by atoms with Crippen molar-refractivity contribution in [3.63, 3.8) is 0 Å². The van der Waals surface area contributed by atoms with E-state index in [-0.39, 0.29) is 5.25 Å². The Bertz CT molecular complexity index is 552. The van der Waals surface area contributed by atoms with E-state index in [0.717, 1.165) is 44.6 Å². The van der Waals surface area contributed by atoms with Crippen molar-refractivity contribution in [2.75, 3.05) is 36.4 Å². The molecule has 0 fully saturated rings. The van der Waals surface area contributed by atoms with Crippen LogP contribution in [0.3, 0.4) is 0 Å². The Morgan fingerprint density at radius 2 is 1.54 bits per heavy atom. The number of sulfonamides is 1. The van der Waals surface area contributed by atoms with E-state index in [0.29, 0.717) is 6.54 Å². The first kappa shape index (κ1) is 20.8. The lowest BCUT2D eigenvalue weighted by atomic mass is 10.2. The van der Waals surface area contributed by atoms with E-state index in [1.54, 1.807) is 13.8 Å². The zero-order valence-electron chi connectivity index (χ0n) is 15.5. The molecule has 6 heteroatoms. The van der Waals surface area contributed by atoms with Crippen LogP contribution in [-0.4, -0.2) is 39.8 Å². The number of hydrogen-bond donors (Lipinski definition) is 2. The molecule has 0 unspecified atom stereocenters. The second-order valence-corrected chi connectivity index (χ2v) is 8.52. The smallest absolute Gasteiger partial charge is 0.213 e. The van der Waals surface area contributed by atoms with Gasteiger partial charge in [-0.3, -0.25) is 0 Å². The van der Waals surface area contributed by atoms with Gasteiger partial charge in [0.05, 0.1) is 5.25 Å². The summed E-state index contributed by atoms with van der Waals surface area (Å²) < 4.78 is 25.8. The SMILES string of the molecule is CCN(CC)c1ccc(NCCCCCNS(=O)(=O)C(C)C)cc1. The van der Waals surface area contributed by atoms with Gasteiger partial charge in [-0.1, -0.05) is 6.42 Å². The van der Waals surface area contributed by atoms with Crippen molar-refractivity contribution in [1.29, 1.82) is 0 Å². The second-order valence-electron chi connectivity index (χ2n) is 6.19. The van der Waals surface area contributed by atoms with Crippen LogP contribution in [-0.2, 0) is 10.0 Å². The Morgan fingerprint density at radius 1 is 0.958 bits per heavy atom. The molecule has 0 saturated carbocycles. The summed E-state index contributed by atoms with van der Waals surface area (Å²) in [5, 5.41) is 3.05. The van der Waals surface area contributed by atoms with E-state index in [4.69, 9.17) is 0 Å².